The Labute approximate surface area is 124 Å². The van der Waals surface area contributed by atoms with Gasteiger partial charge in [0.15, 0.2) is 0 Å². The fourth-order valence-corrected chi connectivity index (χ4v) is 3.43. The van der Waals surface area contributed by atoms with Crippen LogP contribution in [0.5, 0.6) is 0 Å². The molecule has 0 bridgehead atoms. The van der Waals surface area contributed by atoms with E-state index in [4.69, 9.17) is 16.7 Å². The van der Waals surface area contributed by atoms with Crippen LogP contribution in [0, 0.1) is 0 Å². The van der Waals surface area contributed by atoms with Crippen LogP contribution < -0.4 is 0 Å². The molecule has 0 aliphatic carbocycles. The van der Waals surface area contributed by atoms with Crippen molar-refractivity contribution in [2.75, 3.05) is 20.2 Å². The van der Waals surface area contributed by atoms with E-state index >= 15 is 0 Å². The van der Waals surface area contributed by atoms with Crippen LogP contribution in [0.3, 0.4) is 0 Å². The van der Waals surface area contributed by atoms with Gasteiger partial charge in [-0.1, -0.05) is 11.6 Å². The molecule has 19 heavy (non-hydrogen) atoms. The summed E-state index contributed by atoms with van der Waals surface area (Å²) in [4.78, 5) is 18.8. The zero-order valence-electron chi connectivity index (χ0n) is 10.3. The minimum Gasteiger partial charge on any atom is -0.395 e. The number of carbonyl (C=O) groups is 1. The number of carbonyl (C=O) groups excluding carboxylic acids is 1. The number of aliphatic hydroxyl groups is 1. The molecule has 4 nitrogen and oxygen atoms in total. The first-order valence-electron chi connectivity index (χ1n) is 5.65. The van der Waals surface area contributed by atoms with Crippen molar-refractivity contribution in [1.82, 2.24) is 9.88 Å². The summed E-state index contributed by atoms with van der Waals surface area (Å²) in [7, 11) is 1.67. The molecule has 1 amide bonds. The number of amides is 1. The lowest BCUT2D eigenvalue weighted by molar-refractivity contribution is -0.129. The molecule has 2 heterocycles. The van der Waals surface area contributed by atoms with E-state index in [0.29, 0.717) is 6.54 Å². The van der Waals surface area contributed by atoms with Crippen LogP contribution in [0.2, 0.25) is 4.34 Å². The third kappa shape index (κ3) is 3.76. The van der Waals surface area contributed by atoms with E-state index < -0.39 is 0 Å². The van der Waals surface area contributed by atoms with E-state index in [2.05, 4.69) is 4.98 Å². The van der Waals surface area contributed by atoms with E-state index in [-0.39, 0.29) is 18.9 Å². The minimum atomic E-state index is -0.0462. The Kier molecular flexibility index (Phi) is 4.93. The number of aliphatic hydroxyl groups excluding tert-OH is 1. The average molecular weight is 317 g/mol. The molecule has 7 heteroatoms. The summed E-state index contributed by atoms with van der Waals surface area (Å²) < 4.78 is 0.727. The van der Waals surface area contributed by atoms with Gasteiger partial charge >= 0.3 is 0 Å². The van der Waals surface area contributed by atoms with Crippen molar-refractivity contribution >= 4 is 40.2 Å². The highest BCUT2D eigenvalue weighted by Gasteiger charge is 2.13. The van der Waals surface area contributed by atoms with Crippen LogP contribution in [0.1, 0.15) is 5.69 Å². The Morgan fingerprint density at radius 1 is 1.53 bits per heavy atom. The van der Waals surface area contributed by atoms with Crippen molar-refractivity contribution in [3.63, 3.8) is 0 Å². The zero-order valence-corrected chi connectivity index (χ0v) is 12.7. The number of nitrogens with zero attached hydrogens (tertiary/aromatic N) is 2. The summed E-state index contributed by atoms with van der Waals surface area (Å²) in [5, 5.41) is 11.5. The van der Waals surface area contributed by atoms with Gasteiger partial charge in [0.2, 0.25) is 5.91 Å². The van der Waals surface area contributed by atoms with Crippen LogP contribution in [0.4, 0.5) is 0 Å². The predicted octanol–water partition coefficient (Wildman–Crippen LogP) is 2.52. The third-order valence-corrected chi connectivity index (χ3v) is 4.82. The number of thiophene rings is 1. The van der Waals surface area contributed by atoms with Crippen molar-refractivity contribution in [3.05, 3.63) is 27.5 Å². The summed E-state index contributed by atoms with van der Waals surface area (Å²) in [6, 6.07) is 3.76. The molecule has 0 radical (unpaired) electrons. The third-order valence-electron chi connectivity index (χ3n) is 2.53. The van der Waals surface area contributed by atoms with Crippen LogP contribution in [-0.2, 0) is 11.2 Å². The lowest BCUT2D eigenvalue weighted by Crippen LogP contribution is -2.30. The fraction of sp³-hybridized carbons (Fsp3) is 0.333. The summed E-state index contributed by atoms with van der Waals surface area (Å²) in [5.74, 6) is -0.0462. The molecule has 2 aromatic rings. The Morgan fingerprint density at radius 2 is 2.32 bits per heavy atom. The number of hydrogen-bond acceptors (Lipinski definition) is 5. The molecule has 0 unspecified atom stereocenters. The summed E-state index contributed by atoms with van der Waals surface area (Å²) >= 11 is 8.86. The lowest BCUT2D eigenvalue weighted by atomic mass is 10.3. The highest BCUT2D eigenvalue weighted by Crippen LogP contribution is 2.32. The van der Waals surface area contributed by atoms with Crippen LogP contribution in [0.25, 0.3) is 9.88 Å². The second-order valence-corrected chi connectivity index (χ2v) is 6.54. The van der Waals surface area contributed by atoms with Gasteiger partial charge in [-0.2, -0.15) is 0 Å². The van der Waals surface area contributed by atoms with Gasteiger partial charge in [0.1, 0.15) is 5.01 Å². The second-order valence-electron chi connectivity index (χ2n) is 3.96. The molecule has 0 aliphatic heterocycles. The Hall–Kier alpha value is -0.950. The Bertz CT molecular complexity index is 568. The smallest absolute Gasteiger partial charge is 0.228 e. The molecular weight excluding hydrogens is 304 g/mol. The number of likely N-dealkylation sites (N-methyl/N-ethyl adjacent to an activating group) is 1. The lowest BCUT2D eigenvalue weighted by Gasteiger charge is -2.14. The molecule has 0 atom stereocenters. The van der Waals surface area contributed by atoms with Crippen molar-refractivity contribution < 1.29 is 9.90 Å². The Morgan fingerprint density at radius 3 is 2.95 bits per heavy atom. The van der Waals surface area contributed by atoms with Gasteiger partial charge in [-0.25, -0.2) is 4.98 Å². The van der Waals surface area contributed by atoms with Crippen molar-refractivity contribution in [3.8, 4) is 9.88 Å². The summed E-state index contributed by atoms with van der Waals surface area (Å²) in [6.45, 7) is 0.314. The van der Waals surface area contributed by atoms with Gasteiger partial charge in [0, 0.05) is 19.0 Å². The van der Waals surface area contributed by atoms with Crippen LogP contribution in [-0.4, -0.2) is 41.1 Å². The maximum Gasteiger partial charge on any atom is 0.228 e. The van der Waals surface area contributed by atoms with Gasteiger partial charge in [0.25, 0.3) is 0 Å². The molecule has 2 rings (SSSR count). The fourth-order valence-electron chi connectivity index (χ4n) is 1.50. The molecule has 2 aromatic heterocycles. The number of thiazole rings is 1. The van der Waals surface area contributed by atoms with E-state index in [1.54, 1.807) is 7.05 Å². The first kappa shape index (κ1) is 14.5. The normalized spacial score (nSPS) is 10.7. The van der Waals surface area contributed by atoms with Gasteiger partial charge in [0.05, 0.1) is 27.9 Å². The average Bonchev–Trinajstić information content (AvgIpc) is 2.98. The molecule has 0 fully saturated rings. The van der Waals surface area contributed by atoms with Gasteiger partial charge in [-0.05, 0) is 12.1 Å². The van der Waals surface area contributed by atoms with Gasteiger partial charge < -0.3 is 10.0 Å². The monoisotopic (exact) mass is 316 g/mol. The quantitative estimate of drug-likeness (QED) is 0.922. The molecule has 1 N–H and O–H groups in total. The van der Waals surface area contributed by atoms with Crippen molar-refractivity contribution in [2.45, 2.75) is 6.42 Å². The van der Waals surface area contributed by atoms with Crippen molar-refractivity contribution in [2.24, 2.45) is 0 Å². The molecule has 0 aliphatic rings. The molecular formula is C12H13ClN2O2S2. The topological polar surface area (TPSA) is 53.4 Å². The molecule has 102 valence electrons. The standard InChI is InChI=1S/C12H13ClN2O2S2/c1-15(4-5-16)11(17)6-8-7-18-12(14-8)9-2-3-10(13)19-9/h2-3,7,16H,4-6H2,1H3. The molecule has 0 aromatic carbocycles. The number of aromatic nitrogens is 1. The highest BCUT2D eigenvalue weighted by molar-refractivity contribution is 7.23. The SMILES string of the molecule is CN(CCO)C(=O)Cc1csc(-c2ccc(Cl)s2)n1. The van der Waals surface area contributed by atoms with E-state index in [0.717, 1.165) is 19.9 Å². The Balaban J connectivity index is 2.03. The van der Waals surface area contributed by atoms with Crippen LogP contribution >= 0.6 is 34.3 Å². The minimum absolute atomic E-state index is 0.0295. The summed E-state index contributed by atoms with van der Waals surface area (Å²) in [5.41, 5.74) is 0.749. The largest absolute Gasteiger partial charge is 0.395 e. The van der Waals surface area contributed by atoms with E-state index in [9.17, 15) is 4.79 Å². The number of hydrogen-bond donors (Lipinski definition) is 1. The maximum atomic E-state index is 11.8. The molecule has 0 saturated carbocycles. The van der Waals surface area contributed by atoms with Crippen molar-refractivity contribution in [1.29, 1.82) is 0 Å². The summed E-state index contributed by atoms with van der Waals surface area (Å²) in [6.07, 6.45) is 0.256. The number of rotatable bonds is 5. The van der Waals surface area contributed by atoms with E-state index in [1.807, 2.05) is 17.5 Å². The first-order valence-corrected chi connectivity index (χ1v) is 7.72. The predicted molar refractivity (Wildman–Crippen MR) is 78.9 cm³/mol. The molecule has 0 saturated heterocycles. The highest BCUT2D eigenvalue weighted by atomic mass is 35.5. The number of halogens is 1. The van der Waals surface area contributed by atoms with Gasteiger partial charge in [-0.3, -0.25) is 4.79 Å². The van der Waals surface area contributed by atoms with Gasteiger partial charge in [-0.15, -0.1) is 22.7 Å². The molecule has 0 spiro atoms. The second kappa shape index (κ2) is 6.47. The van der Waals surface area contributed by atoms with Crippen LogP contribution in [0.15, 0.2) is 17.5 Å². The first-order chi connectivity index (χ1) is 9.10. The zero-order chi connectivity index (χ0) is 13.8. The van der Waals surface area contributed by atoms with E-state index in [1.165, 1.54) is 27.6 Å². The maximum absolute atomic E-state index is 11.8.